The highest BCUT2D eigenvalue weighted by atomic mass is 79.9. The van der Waals surface area contributed by atoms with Crippen molar-refractivity contribution >= 4 is 31.9 Å². The molecule has 0 saturated heterocycles. The van der Waals surface area contributed by atoms with E-state index < -0.39 is 15.8 Å². The van der Waals surface area contributed by atoms with Gasteiger partial charge in [0.05, 0.1) is 4.90 Å². The lowest BCUT2D eigenvalue weighted by atomic mass is 10.2. The summed E-state index contributed by atoms with van der Waals surface area (Å²) in [5.74, 6) is -0.888. The maximum absolute atomic E-state index is 12.9. The number of esters is 1. The van der Waals surface area contributed by atoms with Gasteiger partial charge < -0.3 is 4.74 Å². The highest BCUT2D eigenvalue weighted by Crippen LogP contribution is 2.16. The fraction of sp³-hybridized carbons (Fsp3) is 0.278. The molecule has 0 aliphatic carbocycles. The van der Waals surface area contributed by atoms with Gasteiger partial charge in [-0.1, -0.05) is 28.1 Å². The largest absolute Gasteiger partial charge is 0.461 e. The van der Waals surface area contributed by atoms with Crippen molar-refractivity contribution in [2.75, 3.05) is 13.6 Å². The number of carbonyl (C=O) groups is 1. The summed E-state index contributed by atoms with van der Waals surface area (Å²) in [6.45, 7) is 0.336. The van der Waals surface area contributed by atoms with Crippen LogP contribution in [0.2, 0.25) is 0 Å². The van der Waals surface area contributed by atoms with Gasteiger partial charge in [-0.05, 0) is 48.4 Å². The SMILES string of the molecule is CN(CCCC(=O)OCc1ccc(Br)cc1)S(=O)(=O)c1ccc(F)cc1. The fourth-order valence-electron chi connectivity index (χ4n) is 2.17. The van der Waals surface area contributed by atoms with Crippen LogP contribution in [0.3, 0.4) is 0 Å². The van der Waals surface area contributed by atoms with E-state index in [2.05, 4.69) is 15.9 Å². The van der Waals surface area contributed by atoms with E-state index in [9.17, 15) is 17.6 Å². The third-order valence-electron chi connectivity index (χ3n) is 3.69. The van der Waals surface area contributed by atoms with Crippen molar-refractivity contribution in [3.8, 4) is 0 Å². The molecule has 0 N–H and O–H groups in total. The molecule has 0 atom stereocenters. The summed E-state index contributed by atoms with van der Waals surface area (Å²) >= 11 is 3.33. The van der Waals surface area contributed by atoms with Crippen LogP contribution in [0.5, 0.6) is 0 Å². The van der Waals surface area contributed by atoms with E-state index in [-0.39, 0.29) is 30.4 Å². The molecule has 0 aliphatic heterocycles. The Morgan fingerprint density at radius 3 is 2.35 bits per heavy atom. The van der Waals surface area contributed by atoms with Crippen LogP contribution in [0.15, 0.2) is 57.9 Å². The zero-order valence-corrected chi connectivity index (χ0v) is 16.6. The van der Waals surface area contributed by atoms with Crippen LogP contribution in [0.1, 0.15) is 18.4 Å². The molecule has 0 unspecified atom stereocenters. The number of nitrogens with zero attached hydrogens (tertiary/aromatic N) is 1. The normalized spacial score (nSPS) is 11.5. The molecule has 140 valence electrons. The second-order valence-corrected chi connectivity index (χ2v) is 8.63. The second-order valence-electron chi connectivity index (χ2n) is 5.67. The summed E-state index contributed by atoms with van der Waals surface area (Å²) in [6, 6.07) is 12.0. The van der Waals surface area contributed by atoms with Gasteiger partial charge in [-0.2, -0.15) is 0 Å². The first-order valence-electron chi connectivity index (χ1n) is 7.91. The molecule has 0 spiro atoms. The van der Waals surface area contributed by atoms with Crippen molar-refractivity contribution in [3.05, 3.63) is 64.4 Å². The lowest BCUT2D eigenvalue weighted by Crippen LogP contribution is -2.28. The topological polar surface area (TPSA) is 63.7 Å². The average Bonchev–Trinajstić information content (AvgIpc) is 2.61. The summed E-state index contributed by atoms with van der Waals surface area (Å²) in [7, 11) is -2.28. The predicted octanol–water partition coefficient (Wildman–Crippen LogP) is 3.73. The molecule has 0 aliphatic rings. The number of sulfonamides is 1. The molecule has 0 fully saturated rings. The number of halogens is 2. The zero-order chi connectivity index (χ0) is 19.2. The molecular formula is C18H19BrFNO4S. The minimum Gasteiger partial charge on any atom is -0.461 e. The Balaban J connectivity index is 1.78. The third-order valence-corrected chi connectivity index (χ3v) is 6.09. The summed E-state index contributed by atoms with van der Waals surface area (Å²) in [6.07, 6.45) is 0.440. The Morgan fingerprint density at radius 2 is 1.73 bits per heavy atom. The molecule has 26 heavy (non-hydrogen) atoms. The average molecular weight is 444 g/mol. The standard InChI is InChI=1S/C18H19BrFNO4S/c1-21(26(23,24)17-10-8-16(20)9-11-17)12-2-3-18(22)25-13-14-4-6-15(19)7-5-14/h4-11H,2-3,12-13H2,1H3. The molecule has 0 saturated carbocycles. The molecular weight excluding hydrogens is 425 g/mol. The molecule has 2 aromatic rings. The van der Waals surface area contributed by atoms with Crippen LogP contribution < -0.4 is 0 Å². The van der Waals surface area contributed by atoms with E-state index in [1.54, 1.807) is 0 Å². The minimum atomic E-state index is -3.70. The molecule has 0 radical (unpaired) electrons. The first kappa shape index (κ1) is 20.5. The number of hydrogen-bond donors (Lipinski definition) is 0. The van der Waals surface area contributed by atoms with Crippen LogP contribution in [-0.4, -0.2) is 32.3 Å². The van der Waals surface area contributed by atoms with E-state index >= 15 is 0 Å². The van der Waals surface area contributed by atoms with Gasteiger partial charge in [-0.3, -0.25) is 4.79 Å². The monoisotopic (exact) mass is 443 g/mol. The van der Waals surface area contributed by atoms with Crippen LogP contribution >= 0.6 is 15.9 Å². The van der Waals surface area contributed by atoms with E-state index in [1.165, 1.54) is 19.2 Å². The molecule has 0 heterocycles. The van der Waals surface area contributed by atoms with E-state index in [4.69, 9.17) is 4.74 Å². The number of benzene rings is 2. The second kappa shape index (κ2) is 9.25. The van der Waals surface area contributed by atoms with Crippen molar-refractivity contribution in [3.63, 3.8) is 0 Å². The number of rotatable bonds is 8. The van der Waals surface area contributed by atoms with E-state index in [0.29, 0.717) is 6.42 Å². The summed E-state index contributed by atoms with van der Waals surface area (Å²) in [5, 5.41) is 0. The minimum absolute atomic E-state index is 0.0132. The van der Waals surface area contributed by atoms with E-state index in [0.717, 1.165) is 26.5 Å². The lowest BCUT2D eigenvalue weighted by Gasteiger charge is -2.17. The highest BCUT2D eigenvalue weighted by molar-refractivity contribution is 9.10. The number of carbonyl (C=O) groups excluding carboxylic acids is 1. The van der Waals surface area contributed by atoms with Gasteiger partial charge in [0.1, 0.15) is 12.4 Å². The van der Waals surface area contributed by atoms with Crippen LogP contribution in [-0.2, 0) is 26.2 Å². The molecule has 0 amide bonds. The van der Waals surface area contributed by atoms with Crippen LogP contribution in [0, 0.1) is 5.82 Å². The molecule has 8 heteroatoms. The third kappa shape index (κ3) is 5.89. The van der Waals surface area contributed by atoms with Gasteiger partial charge in [0.15, 0.2) is 0 Å². The smallest absolute Gasteiger partial charge is 0.306 e. The Kier molecular flexibility index (Phi) is 7.31. The van der Waals surface area contributed by atoms with Gasteiger partial charge in [0, 0.05) is 24.5 Å². The molecule has 2 aromatic carbocycles. The number of hydrogen-bond acceptors (Lipinski definition) is 4. The first-order chi connectivity index (χ1) is 12.3. The Morgan fingerprint density at radius 1 is 1.12 bits per heavy atom. The van der Waals surface area contributed by atoms with Gasteiger partial charge in [-0.25, -0.2) is 17.1 Å². The van der Waals surface area contributed by atoms with Crippen LogP contribution in [0.4, 0.5) is 4.39 Å². The predicted molar refractivity (Wildman–Crippen MR) is 99.4 cm³/mol. The van der Waals surface area contributed by atoms with Gasteiger partial charge in [-0.15, -0.1) is 0 Å². The summed E-state index contributed by atoms with van der Waals surface area (Å²) < 4.78 is 44.9. The molecule has 5 nitrogen and oxygen atoms in total. The Bertz CT molecular complexity index is 838. The van der Waals surface area contributed by atoms with Crippen LogP contribution in [0.25, 0.3) is 0 Å². The molecule has 0 aromatic heterocycles. The summed E-state index contributed by atoms with van der Waals surface area (Å²) in [5.41, 5.74) is 0.873. The van der Waals surface area contributed by atoms with Gasteiger partial charge >= 0.3 is 5.97 Å². The van der Waals surface area contributed by atoms with Gasteiger partial charge in [0.25, 0.3) is 0 Å². The van der Waals surface area contributed by atoms with Crippen molar-refractivity contribution in [2.24, 2.45) is 0 Å². The highest BCUT2D eigenvalue weighted by Gasteiger charge is 2.20. The van der Waals surface area contributed by atoms with Crippen molar-refractivity contribution in [1.82, 2.24) is 4.31 Å². The molecule has 0 bridgehead atoms. The quantitative estimate of drug-likeness (QED) is 0.583. The number of ether oxygens (including phenoxy) is 1. The Labute approximate surface area is 161 Å². The zero-order valence-electron chi connectivity index (χ0n) is 14.2. The van der Waals surface area contributed by atoms with Crippen molar-refractivity contribution in [1.29, 1.82) is 0 Å². The van der Waals surface area contributed by atoms with Crippen molar-refractivity contribution in [2.45, 2.75) is 24.3 Å². The maximum Gasteiger partial charge on any atom is 0.306 e. The fourth-order valence-corrected chi connectivity index (χ4v) is 3.64. The lowest BCUT2D eigenvalue weighted by molar-refractivity contribution is -0.145. The van der Waals surface area contributed by atoms with Gasteiger partial charge in [0.2, 0.25) is 10.0 Å². The molecule has 2 rings (SSSR count). The maximum atomic E-state index is 12.9. The summed E-state index contributed by atoms with van der Waals surface area (Å²) in [4.78, 5) is 11.8. The van der Waals surface area contributed by atoms with E-state index in [1.807, 2.05) is 24.3 Å². The first-order valence-corrected chi connectivity index (χ1v) is 10.1. The Hall–Kier alpha value is -1.77. The van der Waals surface area contributed by atoms with Crippen molar-refractivity contribution < 1.29 is 22.3 Å².